The normalized spacial score (nSPS) is 11.3. The number of aromatic nitrogens is 1. The molecule has 5 nitrogen and oxygen atoms in total. The van der Waals surface area contributed by atoms with E-state index in [-0.39, 0.29) is 12.5 Å². The Balaban J connectivity index is 2.22. The minimum absolute atomic E-state index is 0.0599. The summed E-state index contributed by atoms with van der Waals surface area (Å²) in [7, 11) is 0. The third kappa shape index (κ3) is 2.77. The molecule has 5 heteroatoms. The molecule has 0 saturated heterocycles. The first-order valence-corrected chi connectivity index (χ1v) is 6.27. The van der Waals surface area contributed by atoms with Crippen LogP contribution in [0.4, 0.5) is 0 Å². The molecule has 2 aromatic rings. The van der Waals surface area contributed by atoms with Gasteiger partial charge in [-0.2, -0.15) is 0 Å². The van der Waals surface area contributed by atoms with E-state index in [2.05, 4.69) is 10.3 Å². The van der Waals surface area contributed by atoms with E-state index in [1.807, 2.05) is 12.1 Å². The standard InChI is InChI=1S/C15H16N2O3/c1-15(2,14(19)20)9-17-13(18)11-7-3-5-10-6-4-8-16-12(10)11/h3-8H,9H2,1-2H3,(H,17,18)(H,19,20). The molecule has 1 aromatic carbocycles. The molecule has 0 spiro atoms. The van der Waals surface area contributed by atoms with Crippen molar-refractivity contribution >= 4 is 22.8 Å². The van der Waals surface area contributed by atoms with Crippen molar-refractivity contribution in [1.82, 2.24) is 10.3 Å². The van der Waals surface area contributed by atoms with E-state index in [0.717, 1.165) is 5.39 Å². The number of pyridine rings is 1. The molecule has 0 aliphatic rings. The number of hydrogen-bond donors (Lipinski definition) is 2. The van der Waals surface area contributed by atoms with Crippen LogP contribution in [0.25, 0.3) is 10.9 Å². The minimum atomic E-state index is -1.01. The van der Waals surface area contributed by atoms with Crippen molar-refractivity contribution in [2.75, 3.05) is 6.54 Å². The SMILES string of the molecule is CC(C)(CNC(=O)c1cccc2cccnc12)C(=O)O. The highest BCUT2D eigenvalue weighted by Crippen LogP contribution is 2.17. The number of carboxylic acid groups (broad SMARTS) is 1. The Hall–Kier alpha value is -2.43. The maximum absolute atomic E-state index is 12.2. The van der Waals surface area contributed by atoms with Gasteiger partial charge in [-0.15, -0.1) is 0 Å². The van der Waals surface area contributed by atoms with Gasteiger partial charge in [0.2, 0.25) is 0 Å². The fourth-order valence-corrected chi connectivity index (χ4v) is 1.76. The van der Waals surface area contributed by atoms with Crippen LogP contribution in [0.5, 0.6) is 0 Å². The van der Waals surface area contributed by atoms with Crippen molar-refractivity contribution in [3.63, 3.8) is 0 Å². The quantitative estimate of drug-likeness (QED) is 0.893. The molecule has 0 aliphatic heterocycles. The van der Waals surface area contributed by atoms with Crippen LogP contribution in [-0.2, 0) is 4.79 Å². The first kappa shape index (κ1) is 14.0. The summed E-state index contributed by atoms with van der Waals surface area (Å²) in [6.07, 6.45) is 1.63. The molecule has 0 fully saturated rings. The summed E-state index contributed by atoms with van der Waals surface area (Å²) in [5, 5.41) is 12.6. The fourth-order valence-electron chi connectivity index (χ4n) is 1.76. The summed E-state index contributed by atoms with van der Waals surface area (Å²) in [4.78, 5) is 27.4. The largest absolute Gasteiger partial charge is 0.481 e. The number of carbonyl (C=O) groups is 2. The van der Waals surface area contributed by atoms with Gasteiger partial charge in [0.1, 0.15) is 0 Å². The van der Waals surface area contributed by atoms with Crippen LogP contribution in [0.3, 0.4) is 0 Å². The van der Waals surface area contributed by atoms with Gasteiger partial charge >= 0.3 is 5.97 Å². The van der Waals surface area contributed by atoms with Crippen LogP contribution >= 0.6 is 0 Å². The highest BCUT2D eigenvalue weighted by atomic mass is 16.4. The zero-order chi connectivity index (χ0) is 14.8. The minimum Gasteiger partial charge on any atom is -0.481 e. The number of carbonyl (C=O) groups excluding carboxylic acids is 1. The molecule has 1 amide bonds. The van der Waals surface area contributed by atoms with Crippen molar-refractivity contribution < 1.29 is 14.7 Å². The van der Waals surface area contributed by atoms with Crippen LogP contribution < -0.4 is 5.32 Å². The van der Waals surface area contributed by atoms with E-state index in [0.29, 0.717) is 11.1 Å². The van der Waals surface area contributed by atoms with Gasteiger partial charge in [0, 0.05) is 18.1 Å². The number of benzene rings is 1. The fraction of sp³-hybridized carbons (Fsp3) is 0.267. The van der Waals surface area contributed by atoms with Crippen molar-refractivity contribution in [3.8, 4) is 0 Å². The summed E-state index contributed by atoms with van der Waals surface area (Å²) in [6, 6.07) is 9.01. The Labute approximate surface area is 116 Å². The third-order valence-corrected chi connectivity index (χ3v) is 3.15. The number of rotatable bonds is 4. The van der Waals surface area contributed by atoms with E-state index in [1.54, 1.807) is 38.2 Å². The maximum Gasteiger partial charge on any atom is 0.310 e. The van der Waals surface area contributed by atoms with Gasteiger partial charge in [-0.05, 0) is 26.0 Å². The first-order valence-electron chi connectivity index (χ1n) is 6.27. The number of aliphatic carboxylic acids is 1. The van der Waals surface area contributed by atoms with E-state index < -0.39 is 11.4 Å². The first-order chi connectivity index (χ1) is 9.42. The molecule has 2 N–H and O–H groups in total. The van der Waals surface area contributed by atoms with E-state index >= 15 is 0 Å². The van der Waals surface area contributed by atoms with Gasteiger partial charge in [-0.1, -0.05) is 18.2 Å². The number of carboxylic acids is 1. The third-order valence-electron chi connectivity index (χ3n) is 3.15. The summed E-state index contributed by atoms with van der Waals surface area (Å²) < 4.78 is 0. The van der Waals surface area contributed by atoms with Crippen molar-refractivity contribution in [2.45, 2.75) is 13.8 Å². The zero-order valence-electron chi connectivity index (χ0n) is 11.4. The number of hydrogen-bond acceptors (Lipinski definition) is 3. The number of fused-ring (bicyclic) bond motifs is 1. The van der Waals surface area contributed by atoms with Gasteiger partial charge in [0.15, 0.2) is 0 Å². The van der Waals surface area contributed by atoms with Gasteiger partial charge < -0.3 is 10.4 Å². The number of para-hydroxylation sites is 1. The lowest BCUT2D eigenvalue weighted by Gasteiger charge is -2.19. The van der Waals surface area contributed by atoms with Crippen LogP contribution in [0, 0.1) is 5.41 Å². The molecule has 1 aromatic heterocycles. The molecule has 20 heavy (non-hydrogen) atoms. The molecule has 104 valence electrons. The van der Waals surface area contributed by atoms with Gasteiger partial charge in [0.05, 0.1) is 16.5 Å². The summed E-state index contributed by atoms with van der Waals surface area (Å²) in [6.45, 7) is 3.19. The van der Waals surface area contributed by atoms with Crippen LogP contribution in [0.15, 0.2) is 36.5 Å². The van der Waals surface area contributed by atoms with E-state index in [4.69, 9.17) is 5.11 Å². The van der Waals surface area contributed by atoms with E-state index in [9.17, 15) is 9.59 Å². The highest BCUT2D eigenvalue weighted by molar-refractivity contribution is 6.05. The topological polar surface area (TPSA) is 79.3 Å². The lowest BCUT2D eigenvalue weighted by Crippen LogP contribution is -2.39. The monoisotopic (exact) mass is 272 g/mol. The number of amides is 1. The van der Waals surface area contributed by atoms with Gasteiger partial charge in [0.25, 0.3) is 5.91 Å². The van der Waals surface area contributed by atoms with Crippen molar-refractivity contribution in [1.29, 1.82) is 0 Å². The van der Waals surface area contributed by atoms with E-state index in [1.165, 1.54) is 0 Å². The summed E-state index contributed by atoms with van der Waals surface area (Å²) in [5.41, 5.74) is 0.0538. The smallest absolute Gasteiger partial charge is 0.310 e. The molecule has 2 rings (SSSR count). The Morgan fingerprint density at radius 1 is 1.25 bits per heavy atom. The predicted octanol–water partition coefficient (Wildman–Crippen LogP) is 2.08. The lowest BCUT2D eigenvalue weighted by molar-refractivity contribution is -0.146. The molecule has 0 aliphatic carbocycles. The zero-order valence-corrected chi connectivity index (χ0v) is 11.4. The maximum atomic E-state index is 12.2. The second-order valence-electron chi connectivity index (χ2n) is 5.25. The molecule has 0 radical (unpaired) electrons. The highest BCUT2D eigenvalue weighted by Gasteiger charge is 2.27. The summed E-state index contributed by atoms with van der Waals surface area (Å²) >= 11 is 0. The summed E-state index contributed by atoms with van der Waals surface area (Å²) in [5.74, 6) is -1.27. The lowest BCUT2D eigenvalue weighted by atomic mass is 9.94. The van der Waals surface area contributed by atoms with Crippen molar-refractivity contribution in [2.24, 2.45) is 5.41 Å². The Morgan fingerprint density at radius 2 is 1.95 bits per heavy atom. The van der Waals surface area contributed by atoms with Crippen LogP contribution in [-0.4, -0.2) is 28.5 Å². The second kappa shape index (κ2) is 5.28. The number of nitrogens with zero attached hydrogens (tertiary/aromatic N) is 1. The molecule has 0 bridgehead atoms. The number of nitrogens with one attached hydrogen (secondary N) is 1. The molecule has 0 saturated carbocycles. The second-order valence-corrected chi connectivity index (χ2v) is 5.25. The van der Waals surface area contributed by atoms with Crippen molar-refractivity contribution in [3.05, 3.63) is 42.1 Å². The van der Waals surface area contributed by atoms with Gasteiger partial charge in [-0.3, -0.25) is 14.6 Å². The van der Waals surface area contributed by atoms with Crippen LogP contribution in [0.1, 0.15) is 24.2 Å². The van der Waals surface area contributed by atoms with Gasteiger partial charge in [-0.25, -0.2) is 0 Å². The molecular formula is C15H16N2O3. The van der Waals surface area contributed by atoms with Crippen LogP contribution in [0.2, 0.25) is 0 Å². The predicted molar refractivity (Wildman–Crippen MR) is 75.5 cm³/mol. The Kier molecular flexibility index (Phi) is 3.70. The molecule has 1 heterocycles. The molecular weight excluding hydrogens is 256 g/mol. The Morgan fingerprint density at radius 3 is 2.65 bits per heavy atom. The molecule has 0 atom stereocenters. The average molecular weight is 272 g/mol. The average Bonchev–Trinajstić information content (AvgIpc) is 2.44. The molecule has 0 unspecified atom stereocenters. The Bertz CT molecular complexity index is 660.